The number of aromatic nitrogens is 3. The van der Waals surface area contributed by atoms with Crippen LogP contribution in [0.25, 0.3) is 33.4 Å². The third kappa shape index (κ3) is 3.26. The summed E-state index contributed by atoms with van der Waals surface area (Å²) in [5.74, 6) is 1.03. The Hall–Kier alpha value is -3.48. The molecule has 7 heteroatoms. The van der Waals surface area contributed by atoms with Crippen molar-refractivity contribution in [2.75, 3.05) is 12.4 Å². The predicted octanol–water partition coefficient (Wildman–Crippen LogP) is 5.42. The summed E-state index contributed by atoms with van der Waals surface area (Å²) in [5.41, 5.74) is 1.29. The van der Waals surface area contributed by atoms with Crippen LogP contribution < -0.4 is 5.32 Å². The van der Waals surface area contributed by atoms with E-state index in [1.165, 1.54) is 12.1 Å². The molecule has 2 heterocycles. The van der Waals surface area contributed by atoms with Crippen LogP contribution in [0, 0.1) is 0 Å². The molecule has 4 aromatic rings. The van der Waals surface area contributed by atoms with E-state index in [0.717, 1.165) is 11.6 Å². The zero-order chi connectivity index (χ0) is 19.7. The van der Waals surface area contributed by atoms with Gasteiger partial charge in [-0.25, -0.2) is 9.97 Å². The summed E-state index contributed by atoms with van der Waals surface area (Å²) >= 11 is 0. The quantitative estimate of drug-likeness (QED) is 0.516. The van der Waals surface area contributed by atoms with Gasteiger partial charge in [-0.15, -0.1) is 0 Å². The molecular formula is C21H15F3N4. The molecule has 1 N–H and O–H groups in total. The maximum atomic E-state index is 13.4. The van der Waals surface area contributed by atoms with Crippen molar-refractivity contribution >= 4 is 16.7 Å². The van der Waals surface area contributed by atoms with Gasteiger partial charge < -0.3 is 5.32 Å². The first-order valence-electron chi connectivity index (χ1n) is 8.54. The van der Waals surface area contributed by atoms with E-state index in [4.69, 9.17) is 0 Å². The molecule has 0 spiro atoms. The average molecular weight is 380 g/mol. The Kier molecular flexibility index (Phi) is 4.43. The fourth-order valence-corrected chi connectivity index (χ4v) is 3.09. The van der Waals surface area contributed by atoms with E-state index in [9.17, 15) is 13.2 Å². The van der Waals surface area contributed by atoms with Gasteiger partial charge in [0.25, 0.3) is 0 Å². The second-order valence-electron chi connectivity index (χ2n) is 6.16. The second kappa shape index (κ2) is 6.92. The number of nitrogens with zero attached hydrogens (tertiary/aromatic N) is 3. The molecule has 0 saturated heterocycles. The van der Waals surface area contributed by atoms with Crippen LogP contribution in [0.1, 0.15) is 5.56 Å². The van der Waals surface area contributed by atoms with Gasteiger partial charge in [0, 0.05) is 30.4 Å². The number of benzene rings is 2. The molecule has 0 radical (unpaired) electrons. The van der Waals surface area contributed by atoms with Crippen LogP contribution in [0.15, 0.2) is 67.0 Å². The second-order valence-corrected chi connectivity index (χ2v) is 6.16. The van der Waals surface area contributed by atoms with Crippen LogP contribution in [0.3, 0.4) is 0 Å². The Morgan fingerprint density at radius 3 is 2.43 bits per heavy atom. The minimum atomic E-state index is -4.43. The molecule has 0 aliphatic rings. The fraction of sp³-hybridized carbons (Fsp3) is 0.0952. The summed E-state index contributed by atoms with van der Waals surface area (Å²) in [6.45, 7) is 0. The first-order valence-corrected chi connectivity index (χ1v) is 8.54. The summed E-state index contributed by atoms with van der Waals surface area (Å²) < 4.78 is 40.2. The average Bonchev–Trinajstić information content (AvgIpc) is 2.72. The highest BCUT2D eigenvalue weighted by atomic mass is 19.4. The molecular weight excluding hydrogens is 365 g/mol. The van der Waals surface area contributed by atoms with Crippen molar-refractivity contribution in [1.29, 1.82) is 0 Å². The summed E-state index contributed by atoms with van der Waals surface area (Å²) in [4.78, 5) is 13.1. The van der Waals surface area contributed by atoms with Gasteiger partial charge in [0.05, 0.1) is 11.1 Å². The molecule has 2 aromatic carbocycles. The highest BCUT2D eigenvalue weighted by Crippen LogP contribution is 2.38. The maximum Gasteiger partial charge on any atom is 0.417 e. The van der Waals surface area contributed by atoms with E-state index < -0.39 is 11.7 Å². The summed E-state index contributed by atoms with van der Waals surface area (Å²) in [6.07, 6.45) is -1.11. The molecule has 0 bridgehead atoms. The number of halogens is 3. The molecule has 4 nitrogen and oxygen atoms in total. The summed E-state index contributed by atoms with van der Waals surface area (Å²) in [5, 5.41) is 3.65. The van der Waals surface area contributed by atoms with Gasteiger partial charge in [0.2, 0.25) is 0 Å². The number of alkyl halides is 3. The highest BCUT2D eigenvalue weighted by molar-refractivity contribution is 5.94. The molecule has 140 valence electrons. The zero-order valence-corrected chi connectivity index (χ0v) is 14.8. The molecule has 0 atom stereocenters. The van der Waals surface area contributed by atoms with Crippen molar-refractivity contribution in [2.45, 2.75) is 6.18 Å². The van der Waals surface area contributed by atoms with E-state index in [1.807, 2.05) is 6.07 Å². The van der Waals surface area contributed by atoms with Crippen LogP contribution >= 0.6 is 0 Å². The van der Waals surface area contributed by atoms with Gasteiger partial charge >= 0.3 is 6.18 Å². The van der Waals surface area contributed by atoms with Gasteiger partial charge in [0.1, 0.15) is 5.82 Å². The van der Waals surface area contributed by atoms with Crippen molar-refractivity contribution < 1.29 is 13.2 Å². The molecule has 2 aromatic heterocycles. The van der Waals surface area contributed by atoms with Gasteiger partial charge in [-0.3, -0.25) is 4.98 Å². The van der Waals surface area contributed by atoms with Crippen LogP contribution in [-0.4, -0.2) is 22.0 Å². The van der Waals surface area contributed by atoms with Gasteiger partial charge in [-0.05, 0) is 41.5 Å². The molecule has 4 rings (SSSR count). The predicted molar refractivity (Wildman–Crippen MR) is 103 cm³/mol. The SMILES string of the molecule is CNc1nc(-c2cccnc2)nc2ccc(-c3ccccc3C(F)(F)F)cc12. The number of fused-ring (bicyclic) bond motifs is 1. The minimum Gasteiger partial charge on any atom is -0.373 e. The molecule has 0 fully saturated rings. The Labute approximate surface area is 159 Å². The standard InChI is InChI=1S/C21H15F3N4/c1-25-20-16-11-13(15-6-2-3-7-17(15)21(22,23)24)8-9-18(16)27-19(28-20)14-5-4-10-26-12-14/h2-12H,1H3,(H,25,27,28). The van der Waals surface area contributed by atoms with Crippen LogP contribution in [0.2, 0.25) is 0 Å². The minimum absolute atomic E-state index is 0.121. The summed E-state index contributed by atoms with van der Waals surface area (Å²) in [7, 11) is 1.71. The van der Waals surface area contributed by atoms with E-state index >= 15 is 0 Å². The van der Waals surface area contributed by atoms with Crippen molar-refractivity contribution in [3.8, 4) is 22.5 Å². The van der Waals surface area contributed by atoms with Crippen molar-refractivity contribution in [3.63, 3.8) is 0 Å². The van der Waals surface area contributed by atoms with Crippen molar-refractivity contribution in [2.24, 2.45) is 0 Å². The highest BCUT2D eigenvalue weighted by Gasteiger charge is 2.33. The van der Waals surface area contributed by atoms with Gasteiger partial charge in [-0.1, -0.05) is 24.3 Å². The van der Waals surface area contributed by atoms with Crippen LogP contribution in [0.5, 0.6) is 0 Å². The number of rotatable bonds is 3. The Balaban J connectivity index is 1.90. The van der Waals surface area contributed by atoms with E-state index in [2.05, 4.69) is 20.3 Å². The number of hydrogen-bond acceptors (Lipinski definition) is 4. The van der Waals surface area contributed by atoms with Crippen molar-refractivity contribution in [1.82, 2.24) is 15.0 Å². The molecule has 0 saturated carbocycles. The number of hydrogen-bond donors (Lipinski definition) is 1. The maximum absolute atomic E-state index is 13.4. The number of pyridine rings is 1. The third-order valence-corrected chi connectivity index (χ3v) is 4.40. The number of nitrogens with one attached hydrogen (secondary N) is 1. The lowest BCUT2D eigenvalue weighted by Crippen LogP contribution is -2.07. The first kappa shape index (κ1) is 17.9. The topological polar surface area (TPSA) is 50.7 Å². The molecule has 28 heavy (non-hydrogen) atoms. The molecule has 0 unspecified atom stereocenters. The summed E-state index contributed by atoms with van der Waals surface area (Å²) in [6, 6.07) is 14.2. The van der Waals surface area contributed by atoms with Crippen LogP contribution in [-0.2, 0) is 6.18 Å². The van der Waals surface area contributed by atoms with E-state index in [1.54, 1.807) is 49.8 Å². The van der Waals surface area contributed by atoms with Gasteiger partial charge in [-0.2, -0.15) is 13.2 Å². The lowest BCUT2D eigenvalue weighted by atomic mass is 9.98. The monoisotopic (exact) mass is 380 g/mol. The molecule has 0 aliphatic carbocycles. The number of anilines is 1. The van der Waals surface area contributed by atoms with E-state index in [0.29, 0.717) is 28.1 Å². The lowest BCUT2D eigenvalue weighted by molar-refractivity contribution is -0.137. The Bertz CT molecular complexity index is 1140. The lowest BCUT2D eigenvalue weighted by Gasteiger charge is -2.14. The largest absolute Gasteiger partial charge is 0.417 e. The smallest absolute Gasteiger partial charge is 0.373 e. The Morgan fingerprint density at radius 1 is 0.893 bits per heavy atom. The molecule has 0 aliphatic heterocycles. The van der Waals surface area contributed by atoms with Crippen LogP contribution in [0.4, 0.5) is 19.0 Å². The van der Waals surface area contributed by atoms with E-state index in [-0.39, 0.29) is 5.56 Å². The molecule has 0 amide bonds. The fourth-order valence-electron chi connectivity index (χ4n) is 3.09. The normalized spacial score (nSPS) is 11.6. The zero-order valence-electron chi connectivity index (χ0n) is 14.8. The van der Waals surface area contributed by atoms with Gasteiger partial charge in [0.15, 0.2) is 5.82 Å². The van der Waals surface area contributed by atoms with Crippen molar-refractivity contribution in [3.05, 3.63) is 72.6 Å². The third-order valence-electron chi connectivity index (χ3n) is 4.40. The first-order chi connectivity index (χ1) is 13.5. The Morgan fingerprint density at radius 2 is 1.71 bits per heavy atom.